The lowest BCUT2D eigenvalue weighted by Crippen LogP contribution is -2.19. The van der Waals surface area contributed by atoms with Crippen LogP contribution in [0.1, 0.15) is 0 Å². The van der Waals surface area contributed by atoms with E-state index in [2.05, 4.69) is 11.6 Å². The second-order valence-electron chi connectivity index (χ2n) is 2.14. The fourth-order valence-corrected chi connectivity index (χ4v) is 0.374. The molecule has 64 valence electrons. The topological polar surface area (TPSA) is 20.3 Å². The number of hydrogen-bond donors (Lipinski definition) is 0. The fourth-order valence-electron chi connectivity index (χ4n) is 0.311. The summed E-state index contributed by atoms with van der Waals surface area (Å²) in [7, 11) is 3.21. The molecule has 0 saturated heterocycles. The Hall–Kier alpha value is -0.640. The quantitative estimate of drug-likeness (QED) is 0.488. The van der Waals surface area contributed by atoms with E-state index in [9.17, 15) is 13.6 Å². The molecule has 0 aromatic heterocycles. The zero-order valence-electron chi connectivity index (χ0n) is 6.14. The Morgan fingerprint density at radius 2 is 2.00 bits per heavy atom. The third-order valence-corrected chi connectivity index (χ3v) is 0.990. The summed E-state index contributed by atoms with van der Waals surface area (Å²) in [5.41, 5.74) is 0. The minimum absolute atomic E-state index is 0.729. The lowest BCUT2D eigenvalue weighted by molar-refractivity contribution is -0.128. The minimum Gasteiger partial charge on any atom is -0.383 e. The maximum absolute atomic E-state index is 11.9. The molecule has 0 saturated carbocycles. The second kappa shape index (κ2) is 3.67. The van der Waals surface area contributed by atoms with Crippen LogP contribution < -0.4 is 0 Å². The molecule has 11 heavy (non-hydrogen) atoms. The fraction of sp³-hybridized carbons (Fsp3) is 0.500. The molecule has 0 radical (unpaired) electrons. The number of carbonyl (C=O) groups is 1. The molecular weight excluding hydrogens is 176 g/mol. The van der Waals surface area contributed by atoms with Gasteiger partial charge in [-0.3, -0.25) is 4.79 Å². The van der Waals surface area contributed by atoms with Gasteiger partial charge in [-0.2, -0.15) is 8.78 Å². The van der Waals surface area contributed by atoms with E-state index in [1.807, 2.05) is 0 Å². The second-order valence-corrected chi connectivity index (χ2v) is 2.62. The van der Waals surface area contributed by atoms with E-state index in [0.717, 1.165) is 6.08 Å². The van der Waals surface area contributed by atoms with Gasteiger partial charge in [0.2, 0.25) is 5.78 Å². The maximum atomic E-state index is 11.9. The van der Waals surface area contributed by atoms with Gasteiger partial charge in [-0.1, -0.05) is 0 Å². The molecule has 0 heterocycles. The van der Waals surface area contributed by atoms with Gasteiger partial charge < -0.3 is 4.90 Å². The van der Waals surface area contributed by atoms with Crippen LogP contribution in [0.5, 0.6) is 0 Å². The van der Waals surface area contributed by atoms with Gasteiger partial charge >= 0.3 is 5.38 Å². The summed E-state index contributed by atoms with van der Waals surface area (Å²) < 4.78 is 23.8. The number of halogens is 3. The van der Waals surface area contributed by atoms with Gasteiger partial charge in [-0.05, 0) is 11.6 Å². The van der Waals surface area contributed by atoms with Crippen molar-refractivity contribution in [3.8, 4) is 0 Å². The van der Waals surface area contributed by atoms with Gasteiger partial charge in [0.25, 0.3) is 0 Å². The van der Waals surface area contributed by atoms with Crippen LogP contribution in [0, 0.1) is 0 Å². The van der Waals surface area contributed by atoms with Crippen molar-refractivity contribution in [2.75, 3.05) is 14.1 Å². The Balaban J connectivity index is 4.09. The van der Waals surface area contributed by atoms with Crippen LogP contribution in [0.15, 0.2) is 12.3 Å². The molecule has 5 heteroatoms. The number of alkyl halides is 3. The predicted octanol–water partition coefficient (Wildman–Crippen LogP) is 1.46. The van der Waals surface area contributed by atoms with Crippen molar-refractivity contribution >= 4 is 17.4 Å². The van der Waals surface area contributed by atoms with E-state index in [4.69, 9.17) is 0 Å². The Morgan fingerprint density at radius 3 is 2.27 bits per heavy atom. The molecule has 0 aromatic carbocycles. The molecule has 0 amide bonds. The van der Waals surface area contributed by atoms with Gasteiger partial charge in [0.05, 0.1) is 0 Å². The molecule has 0 aliphatic heterocycles. The normalized spacial score (nSPS) is 12.1. The number of carbonyl (C=O) groups excluding carboxylic acids is 1. The zero-order valence-corrected chi connectivity index (χ0v) is 6.90. The highest BCUT2D eigenvalue weighted by molar-refractivity contribution is 6.34. The summed E-state index contributed by atoms with van der Waals surface area (Å²) in [6, 6.07) is 0. The summed E-state index contributed by atoms with van der Waals surface area (Å²) in [5, 5.41) is -3.79. The molecule has 2 nitrogen and oxygen atoms in total. The Kier molecular flexibility index (Phi) is 3.45. The third-order valence-electron chi connectivity index (χ3n) is 0.803. The average Bonchev–Trinajstić information content (AvgIpc) is 1.80. The highest BCUT2D eigenvalue weighted by Gasteiger charge is 2.33. The van der Waals surface area contributed by atoms with E-state index in [-0.39, 0.29) is 0 Å². The van der Waals surface area contributed by atoms with Crippen LogP contribution >= 0.6 is 11.6 Å². The summed E-state index contributed by atoms with van der Waals surface area (Å²) in [6.45, 7) is 0. The van der Waals surface area contributed by atoms with Crippen molar-refractivity contribution < 1.29 is 13.6 Å². The summed E-state index contributed by atoms with van der Waals surface area (Å²) in [5.74, 6) is -1.41. The molecule has 0 atom stereocenters. The van der Waals surface area contributed by atoms with Crippen molar-refractivity contribution in [2.24, 2.45) is 0 Å². The number of nitrogens with zero attached hydrogens (tertiary/aromatic N) is 1. The zero-order chi connectivity index (χ0) is 9.07. The van der Waals surface area contributed by atoms with E-state index < -0.39 is 11.2 Å². The molecule has 0 unspecified atom stereocenters. The molecule has 0 bridgehead atoms. The van der Waals surface area contributed by atoms with Crippen molar-refractivity contribution in [3.05, 3.63) is 12.3 Å². The first-order valence-corrected chi connectivity index (χ1v) is 3.17. The number of rotatable bonds is 3. The van der Waals surface area contributed by atoms with Crippen molar-refractivity contribution in [2.45, 2.75) is 5.38 Å². The average molecular weight is 184 g/mol. The van der Waals surface area contributed by atoms with E-state index in [1.165, 1.54) is 11.1 Å². The van der Waals surface area contributed by atoms with Crippen LogP contribution in [-0.4, -0.2) is 30.2 Å². The standard InChI is InChI=1S/C6H8ClF2NO/c1-10(2)4-3-5(11)6(7,8)9/h3-4H,1-2H3/b4-3+. The van der Waals surface area contributed by atoms with Crippen molar-refractivity contribution in [1.29, 1.82) is 0 Å². The predicted molar refractivity (Wildman–Crippen MR) is 38.6 cm³/mol. The lowest BCUT2D eigenvalue weighted by Gasteiger charge is -2.04. The largest absolute Gasteiger partial charge is 0.384 e. The molecule has 0 fully saturated rings. The van der Waals surface area contributed by atoms with E-state index >= 15 is 0 Å². The first-order chi connectivity index (χ1) is 4.84. The van der Waals surface area contributed by atoms with E-state index in [1.54, 1.807) is 14.1 Å². The Labute approximate surface area is 68.4 Å². The summed E-state index contributed by atoms with van der Waals surface area (Å²) in [4.78, 5) is 11.8. The van der Waals surface area contributed by atoms with Gasteiger partial charge in [0, 0.05) is 26.4 Å². The van der Waals surface area contributed by atoms with Crippen LogP contribution in [-0.2, 0) is 4.79 Å². The van der Waals surface area contributed by atoms with Gasteiger partial charge in [-0.25, -0.2) is 0 Å². The highest BCUT2D eigenvalue weighted by Crippen LogP contribution is 2.20. The van der Waals surface area contributed by atoms with Crippen LogP contribution in [0.3, 0.4) is 0 Å². The van der Waals surface area contributed by atoms with Crippen molar-refractivity contribution in [3.63, 3.8) is 0 Å². The molecule has 0 aromatic rings. The molecule has 0 N–H and O–H groups in total. The molecule has 0 aliphatic rings. The van der Waals surface area contributed by atoms with Crippen molar-refractivity contribution in [1.82, 2.24) is 4.90 Å². The SMILES string of the molecule is CN(C)/C=C/C(=O)C(F)(F)Cl. The minimum atomic E-state index is -3.79. The number of hydrogen-bond acceptors (Lipinski definition) is 2. The molecular formula is C6H8ClF2NO. The first-order valence-electron chi connectivity index (χ1n) is 2.80. The smallest absolute Gasteiger partial charge is 0.383 e. The van der Waals surface area contributed by atoms with Gasteiger partial charge in [0.15, 0.2) is 0 Å². The lowest BCUT2D eigenvalue weighted by atomic mass is 10.4. The molecule has 0 aliphatic carbocycles. The summed E-state index contributed by atoms with van der Waals surface area (Å²) in [6.07, 6.45) is 1.94. The summed E-state index contributed by atoms with van der Waals surface area (Å²) >= 11 is 4.41. The van der Waals surface area contributed by atoms with Gasteiger partial charge in [0.1, 0.15) is 0 Å². The van der Waals surface area contributed by atoms with Crippen LogP contribution in [0.25, 0.3) is 0 Å². The van der Waals surface area contributed by atoms with Crippen LogP contribution in [0.4, 0.5) is 8.78 Å². The monoisotopic (exact) mass is 183 g/mol. The maximum Gasteiger partial charge on any atom is 0.384 e. The molecule has 0 rings (SSSR count). The Bertz CT molecular complexity index is 174. The third kappa shape index (κ3) is 4.72. The van der Waals surface area contributed by atoms with Gasteiger partial charge in [-0.15, -0.1) is 0 Å². The number of ketones is 1. The first kappa shape index (κ1) is 10.4. The highest BCUT2D eigenvalue weighted by atomic mass is 35.5. The van der Waals surface area contributed by atoms with Crippen LogP contribution in [0.2, 0.25) is 0 Å². The number of allylic oxidation sites excluding steroid dienone is 1. The Morgan fingerprint density at radius 1 is 1.55 bits per heavy atom. The molecule has 0 spiro atoms. The van der Waals surface area contributed by atoms with E-state index in [0.29, 0.717) is 0 Å².